The fourth-order valence-electron chi connectivity index (χ4n) is 2.12. The van der Waals surface area contributed by atoms with Crippen molar-refractivity contribution < 1.29 is 9.47 Å². The molecule has 18 heavy (non-hydrogen) atoms. The summed E-state index contributed by atoms with van der Waals surface area (Å²) in [7, 11) is 0. The number of hydrogen-bond acceptors (Lipinski definition) is 3. The van der Waals surface area contributed by atoms with Crippen molar-refractivity contribution in [2.75, 3.05) is 13.2 Å². The van der Waals surface area contributed by atoms with E-state index in [1.165, 1.54) is 5.56 Å². The molecule has 0 fully saturated rings. The summed E-state index contributed by atoms with van der Waals surface area (Å²) in [6.07, 6.45) is 3.25. The lowest BCUT2D eigenvalue weighted by molar-refractivity contribution is 0.171. The van der Waals surface area contributed by atoms with E-state index in [4.69, 9.17) is 15.2 Å². The lowest BCUT2D eigenvalue weighted by atomic mass is 9.97. The second-order valence-electron chi connectivity index (χ2n) is 5.28. The van der Waals surface area contributed by atoms with Crippen molar-refractivity contribution >= 4 is 0 Å². The molecule has 2 N–H and O–H groups in total. The molecule has 0 radical (unpaired) electrons. The van der Waals surface area contributed by atoms with Gasteiger partial charge in [0.2, 0.25) is 0 Å². The molecule has 0 bridgehead atoms. The van der Waals surface area contributed by atoms with Gasteiger partial charge in [-0.2, -0.15) is 0 Å². The molecular weight excluding hydrogens is 226 g/mol. The van der Waals surface area contributed by atoms with Crippen LogP contribution in [0.5, 0.6) is 11.5 Å². The molecule has 0 spiro atoms. The van der Waals surface area contributed by atoms with E-state index in [1.54, 1.807) is 0 Å². The van der Waals surface area contributed by atoms with E-state index in [9.17, 15) is 0 Å². The molecular formula is C15H23NO2. The highest BCUT2D eigenvalue weighted by Crippen LogP contribution is 2.31. The summed E-state index contributed by atoms with van der Waals surface area (Å²) in [5.74, 6) is 2.31. The first-order valence-corrected chi connectivity index (χ1v) is 6.81. The second kappa shape index (κ2) is 6.10. The number of aryl methyl sites for hydroxylation is 1. The highest BCUT2D eigenvalue weighted by Gasteiger charge is 2.12. The topological polar surface area (TPSA) is 44.5 Å². The molecule has 1 heterocycles. The lowest BCUT2D eigenvalue weighted by Gasteiger charge is -2.19. The molecule has 0 saturated carbocycles. The van der Waals surface area contributed by atoms with E-state index in [0.29, 0.717) is 25.2 Å². The third-order valence-corrected chi connectivity index (χ3v) is 3.47. The largest absolute Gasteiger partial charge is 0.486 e. The van der Waals surface area contributed by atoms with Crippen molar-refractivity contribution in [1.82, 2.24) is 0 Å². The zero-order valence-electron chi connectivity index (χ0n) is 11.3. The molecule has 100 valence electrons. The fourth-order valence-corrected chi connectivity index (χ4v) is 2.12. The van der Waals surface area contributed by atoms with Crippen LogP contribution in [0.3, 0.4) is 0 Å². The summed E-state index contributed by atoms with van der Waals surface area (Å²) >= 11 is 0. The highest BCUT2D eigenvalue weighted by molar-refractivity contribution is 5.43. The van der Waals surface area contributed by atoms with Crippen LogP contribution < -0.4 is 15.2 Å². The van der Waals surface area contributed by atoms with Gasteiger partial charge in [-0.25, -0.2) is 0 Å². The maximum atomic E-state index is 6.05. The van der Waals surface area contributed by atoms with Crippen LogP contribution in [0.15, 0.2) is 18.2 Å². The van der Waals surface area contributed by atoms with Crippen LogP contribution >= 0.6 is 0 Å². The molecule has 3 nitrogen and oxygen atoms in total. The van der Waals surface area contributed by atoms with Gasteiger partial charge in [-0.05, 0) is 42.9 Å². The quantitative estimate of drug-likeness (QED) is 0.872. The third-order valence-electron chi connectivity index (χ3n) is 3.47. The Hall–Kier alpha value is -1.22. The lowest BCUT2D eigenvalue weighted by Crippen LogP contribution is -2.26. The Kier molecular flexibility index (Phi) is 4.48. The summed E-state index contributed by atoms with van der Waals surface area (Å²) in [4.78, 5) is 0. The van der Waals surface area contributed by atoms with E-state index in [1.807, 2.05) is 6.07 Å². The van der Waals surface area contributed by atoms with Crippen LogP contribution in [0, 0.1) is 5.92 Å². The normalized spacial score (nSPS) is 15.8. The molecule has 0 aliphatic carbocycles. The van der Waals surface area contributed by atoms with Gasteiger partial charge in [0.25, 0.3) is 0 Å². The average molecular weight is 249 g/mol. The minimum atomic E-state index is 0.308. The van der Waals surface area contributed by atoms with Crippen molar-refractivity contribution in [2.24, 2.45) is 11.7 Å². The number of rotatable bonds is 5. The molecule has 0 saturated heterocycles. The van der Waals surface area contributed by atoms with Crippen molar-refractivity contribution in [3.05, 3.63) is 23.8 Å². The predicted molar refractivity (Wildman–Crippen MR) is 73.2 cm³/mol. The fraction of sp³-hybridized carbons (Fsp3) is 0.600. The minimum absolute atomic E-state index is 0.308. The maximum absolute atomic E-state index is 6.05. The van der Waals surface area contributed by atoms with Gasteiger partial charge in [0, 0.05) is 6.04 Å². The van der Waals surface area contributed by atoms with Gasteiger partial charge >= 0.3 is 0 Å². The molecule has 1 atom stereocenters. The molecule has 2 rings (SSSR count). The minimum Gasteiger partial charge on any atom is -0.486 e. The summed E-state index contributed by atoms with van der Waals surface area (Å²) < 4.78 is 11.1. The first kappa shape index (κ1) is 13.2. The highest BCUT2D eigenvalue weighted by atomic mass is 16.6. The van der Waals surface area contributed by atoms with Crippen molar-refractivity contribution in [2.45, 2.75) is 39.2 Å². The average Bonchev–Trinajstić information content (AvgIpc) is 2.38. The Morgan fingerprint density at radius 1 is 1.17 bits per heavy atom. The molecule has 0 amide bonds. The maximum Gasteiger partial charge on any atom is 0.161 e. The molecule has 1 unspecified atom stereocenters. The van der Waals surface area contributed by atoms with Gasteiger partial charge < -0.3 is 15.2 Å². The molecule has 1 aromatic rings. The van der Waals surface area contributed by atoms with Gasteiger partial charge in [-0.15, -0.1) is 0 Å². The molecule has 0 aromatic heterocycles. The van der Waals surface area contributed by atoms with Crippen LogP contribution in [0.25, 0.3) is 0 Å². The number of nitrogens with two attached hydrogens (primary N) is 1. The monoisotopic (exact) mass is 249 g/mol. The van der Waals surface area contributed by atoms with E-state index < -0.39 is 0 Å². The van der Waals surface area contributed by atoms with Crippen molar-refractivity contribution in [3.8, 4) is 11.5 Å². The van der Waals surface area contributed by atoms with Gasteiger partial charge in [0.1, 0.15) is 13.2 Å². The first-order chi connectivity index (χ1) is 8.66. The second-order valence-corrected chi connectivity index (χ2v) is 5.28. The van der Waals surface area contributed by atoms with Gasteiger partial charge in [0.15, 0.2) is 11.5 Å². The number of ether oxygens (including phenoxy) is 2. The van der Waals surface area contributed by atoms with Crippen LogP contribution in [0.1, 0.15) is 32.3 Å². The predicted octanol–water partition coefficient (Wildman–Crippen LogP) is 2.76. The Bertz CT molecular complexity index is 390. The third kappa shape index (κ3) is 3.39. The van der Waals surface area contributed by atoms with E-state index >= 15 is 0 Å². The van der Waals surface area contributed by atoms with Crippen LogP contribution in [-0.4, -0.2) is 19.3 Å². The summed E-state index contributed by atoms with van der Waals surface area (Å²) in [6.45, 7) is 5.65. The van der Waals surface area contributed by atoms with Crippen molar-refractivity contribution in [3.63, 3.8) is 0 Å². The van der Waals surface area contributed by atoms with Gasteiger partial charge in [0.05, 0.1) is 0 Å². The Balaban J connectivity index is 1.86. The van der Waals surface area contributed by atoms with E-state index in [0.717, 1.165) is 30.8 Å². The number of benzene rings is 1. The van der Waals surface area contributed by atoms with Crippen LogP contribution in [-0.2, 0) is 6.42 Å². The SMILES string of the molecule is CC(C)C(N)CCCc1ccc2c(c1)OCCO2. The Morgan fingerprint density at radius 2 is 1.89 bits per heavy atom. The molecule has 3 heteroatoms. The standard InChI is InChI=1S/C15H23NO2/c1-11(2)13(16)5-3-4-12-6-7-14-15(10-12)18-9-8-17-14/h6-7,10-11,13H,3-5,8-9,16H2,1-2H3. The van der Waals surface area contributed by atoms with E-state index in [-0.39, 0.29) is 0 Å². The molecule has 1 aromatic carbocycles. The molecule has 1 aliphatic heterocycles. The van der Waals surface area contributed by atoms with E-state index in [2.05, 4.69) is 26.0 Å². The Morgan fingerprint density at radius 3 is 2.61 bits per heavy atom. The van der Waals surface area contributed by atoms with Crippen LogP contribution in [0.2, 0.25) is 0 Å². The Labute approximate surface area is 109 Å². The number of fused-ring (bicyclic) bond motifs is 1. The smallest absolute Gasteiger partial charge is 0.161 e. The first-order valence-electron chi connectivity index (χ1n) is 6.81. The van der Waals surface area contributed by atoms with Crippen molar-refractivity contribution in [1.29, 1.82) is 0 Å². The van der Waals surface area contributed by atoms with Gasteiger partial charge in [-0.3, -0.25) is 0 Å². The summed E-state index contributed by atoms with van der Waals surface area (Å²) in [5.41, 5.74) is 7.35. The van der Waals surface area contributed by atoms with Gasteiger partial charge in [-0.1, -0.05) is 19.9 Å². The molecule has 1 aliphatic rings. The summed E-state index contributed by atoms with van der Waals surface area (Å²) in [6, 6.07) is 6.53. The zero-order valence-corrected chi connectivity index (χ0v) is 11.3. The summed E-state index contributed by atoms with van der Waals surface area (Å²) in [5, 5.41) is 0. The zero-order chi connectivity index (χ0) is 13.0. The number of hydrogen-bond donors (Lipinski definition) is 1. The van der Waals surface area contributed by atoms with Crippen LogP contribution in [0.4, 0.5) is 0 Å².